The number of allylic oxidation sites excluding steroid dienone is 2. The lowest BCUT2D eigenvalue weighted by molar-refractivity contribution is -0.156. The number of likely N-dealkylation sites (N-methyl/N-ethyl adjacent to an activating group) is 1. The molecule has 3 atom stereocenters. The van der Waals surface area contributed by atoms with Crippen LogP contribution in [0.25, 0.3) is 0 Å². The van der Waals surface area contributed by atoms with E-state index in [0.717, 1.165) is 5.56 Å². The molecule has 6 nitrogen and oxygen atoms in total. The Hall–Kier alpha value is -2.84. The number of ether oxygens (including phenoxy) is 1. The van der Waals surface area contributed by atoms with E-state index in [-0.39, 0.29) is 44.1 Å². The molecule has 0 aromatic heterocycles. The molecule has 0 spiro atoms. The fraction of sp³-hybridized carbons (Fsp3) is 0.542. The minimum atomic E-state index is -4.27. The monoisotopic (exact) mass is 468 g/mol. The number of rotatable bonds is 6. The molecule has 33 heavy (non-hydrogen) atoms. The van der Waals surface area contributed by atoms with Gasteiger partial charge in [0.15, 0.2) is 0 Å². The van der Waals surface area contributed by atoms with Crippen LogP contribution in [0, 0.1) is 5.92 Å². The van der Waals surface area contributed by atoms with E-state index in [4.69, 9.17) is 4.74 Å². The third kappa shape index (κ3) is 8.90. The Morgan fingerprint density at radius 3 is 2.55 bits per heavy atom. The highest BCUT2D eigenvalue weighted by atomic mass is 19.4. The summed E-state index contributed by atoms with van der Waals surface area (Å²) in [6.07, 6.45) is -1.83. The number of cyclic esters (lactones) is 1. The molecule has 1 heterocycles. The molecular formula is C24H31F3N2O4. The van der Waals surface area contributed by atoms with Crippen molar-refractivity contribution in [3.8, 4) is 0 Å². The number of hydrogen-bond acceptors (Lipinski definition) is 4. The molecule has 9 heteroatoms. The normalized spacial score (nSPS) is 23.8. The van der Waals surface area contributed by atoms with Crippen molar-refractivity contribution in [2.24, 2.45) is 5.92 Å². The summed E-state index contributed by atoms with van der Waals surface area (Å²) in [6, 6.07) is 8.64. The van der Waals surface area contributed by atoms with Crippen LogP contribution >= 0.6 is 0 Å². The Labute approximate surface area is 192 Å². The molecule has 1 aromatic rings. The maximum Gasteiger partial charge on any atom is 0.389 e. The zero-order valence-corrected chi connectivity index (χ0v) is 18.9. The molecule has 1 N–H and O–H groups in total. The number of hydrogen-bond donors (Lipinski definition) is 1. The average Bonchev–Trinajstić information content (AvgIpc) is 2.77. The van der Waals surface area contributed by atoms with E-state index in [0.29, 0.717) is 6.42 Å². The quantitative estimate of drug-likeness (QED) is 0.383. The van der Waals surface area contributed by atoms with Gasteiger partial charge >= 0.3 is 12.1 Å². The van der Waals surface area contributed by atoms with Crippen molar-refractivity contribution >= 4 is 17.8 Å². The molecule has 0 unspecified atom stereocenters. The number of nitrogens with one attached hydrogen (secondary N) is 1. The van der Waals surface area contributed by atoms with Crippen LogP contribution in [0.4, 0.5) is 13.2 Å². The van der Waals surface area contributed by atoms with Crippen molar-refractivity contribution in [1.82, 2.24) is 10.2 Å². The predicted octanol–water partition coefficient (Wildman–Crippen LogP) is 4.32. The number of amides is 2. The molecule has 0 radical (unpaired) electrons. The van der Waals surface area contributed by atoms with E-state index in [9.17, 15) is 27.6 Å². The van der Waals surface area contributed by atoms with Gasteiger partial charge in [0.25, 0.3) is 0 Å². The predicted molar refractivity (Wildman–Crippen MR) is 117 cm³/mol. The highest BCUT2D eigenvalue weighted by Crippen LogP contribution is 2.28. The summed E-state index contributed by atoms with van der Waals surface area (Å²) in [4.78, 5) is 39.4. The largest absolute Gasteiger partial charge is 0.455 e. The number of halogens is 3. The summed E-state index contributed by atoms with van der Waals surface area (Å²) >= 11 is 0. The molecule has 0 fully saturated rings. The van der Waals surface area contributed by atoms with E-state index < -0.39 is 36.6 Å². The highest BCUT2D eigenvalue weighted by molar-refractivity contribution is 5.86. The third-order valence-electron chi connectivity index (χ3n) is 5.63. The second-order valence-electron chi connectivity index (χ2n) is 8.23. The van der Waals surface area contributed by atoms with Crippen LogP contribution in [0.5, 0.6) is 0 Å². The van der Waals surface area contributed by atoms with Gasteiger partial charge < -0.3 is 15.0 Å². The van der Waals surface area contributed by atoms with Gasteiger partial charge in [0, 0.05) is 32.9 Å². The highest BCUT2D eigenvalue weighted by Gasteiger charge is 2.33. The lowest BCUT2D eigenvalue weighted by Gasteiger charge is -2.34. The molecule has 2 rings (SSSR count). The lowest BCUT2D eigenvalue weighted by Crippen LogP contribution is -2.44. The third-order valence-corrected chi connectivity index (χ3v) is 5.63. The van der Waals surface area contributed by atoms with Crippen LogP contribution in [0.15, 0.2) is 42.5 Å². The van der Waals surface area contributed by atoms with Crippen LogP contribution in [-0.4, -0.2) is 48.5 Å². The van der Waals surface area contributed by atoms with Gasteiger partial charge in [-0.25, -0.2) is 0 Å². The van der Waals surface area contributed by atoms with Crippen molar-refractivity contribution in [2.45, 2.75) is 63.8 Å². The number of nitrogens with zero attached hydrogens (tertiary/aromatic N) is 1. The summed E-state index contributed by atoms with van der Waals surface area (Å²) in [5, 5.41) is 2.47. The molecule has 0 aliphatic carbocycles. The smallest absolute Gasteiger partial charge is 0.389 e. The minimum Gasteiger partial charge on any atom is -0.455 e. The molecule has 1 aliphatic heterocycles. The lowest BCUT2D eigenvalue weighted by atomic mass is 9.95. The van der Waals surface area contributed by atoms with E-state index in [1.54, 1.807) is 26.1 Å². The van der Waals surface area contributed by atoms with Gasteiger partial charge in [-0.15, -0.1) is 0 Å². The number of carbonyl (C=O) groups is 3. The van der Waals surface area contributed by atoms with Crippen molar-refractivity contribution in [2.75, 3.05) is 13.6 Å². The molecule has 0 saturated carbocycles. The standard InChI is InChI=1S/C24H31F3N2O4/c1-17-22(18-10-5-3-6-11-18)33-21(31)13-8-4-7-12-19(23(32)29(17)2)16-20(30)28-15-9-14-24(25,26)27/h3-7,10-11,17,19,22H,8-9,12-16H2,1-2H3,(H,28,30)/b7-4+/t17-,19-,22-/m0/s1. The second-order valence-corrected chi connectivity index (χ2v) is 8.23. The zero-order valence-electron chi connectivity index (χ0n) is 18.9. The maximum absolute atomic E-state index is 13.2. The van der Waals surface area contributed by atoms with E-state index in [1.807, 2.05) is 30.3 Å². The Balaban J connectivity index is 2.12. The van der Waals surface area contributed by atoms with Gasteiger partial charge in [0.1, 0.15) is 6.10 Å². The first-order valence-electron chi connectivity index (χ1n) is 11.1. The topological polar surface area (TPSA) is 75.7 Å². The number of esters is 1. The van der Waals surface area contributed by atoms with Gasteiger partial charge in [0.05, 0.1) is 12.0 Å². The molecule has 2 amide bonds. The van der Waals surface area contributed by atoms with Crippen molar-refractivity contribution in [3.63, 3.8) is 0 Å². The summed E-state index contributed by atoms with van der Waals surface area (Å²) in [5.74, 6) is -1.81. The van der Waals surface area contributed by atoms with Gasteiger partial charge in [-0.05, 0) is 31.7 Å². The fourth-order valence-corrected chi connectivity index (χ4v) is 3.64. The SMILES string of the molecule is C[C@H]1[C@@H](c2ccccc2)OC(=O)CC/C=C/C[C@@H](CC(=O)NCCCC(F)(F)F)C(=O)N1C. The number of carbonyl (C=O) groups excluding carboxylic acids is 3. The molecular weight excluding hydrogens is 437 g/mol. The van der Waals surface area contributed by atoms with Gasteiger partial charge in [-0.3, -0.25) is 14.4 Å². The van der Waals surface area contributed by atoms with Crippen molar-refractivity contribution in [3.05, 3.63) is 48.0 Å². The zero-order chi connectivity index (χ0) is 24.4. The number of alkyl halides is 3. The Morgan fingerprint density at radius 2 is 1.88 bits per heavy atom. The van der Waals surface area contributed by atoms with E-state index in [1.165, 1.54) is 4.90 Å². The van der Waals surface area contributed by atoms with Crippen LogP contribution in [0.2, 0.25) is 0 Å². The molecule has 182 valence electrons. The fourth-order valence-electron chi connectivity index (χ4n) is 3.64. The van der Waals surface area contributed by atoms with Gasteiger partial charge in [-0.2, -0.15) is 13.2 Å². The van der Waals surface area contributed by atoms with Crippen molar-refractivity contribution < 1.29 is 32.3 Å². The molecule has 0 saturated heterocycles. The first-order chi connectivity index (χ1) is 15.6. The second kappa shape index (κ2) is 12.4. The minimum absolute atomic E-state index is 0.104. The maximum atomic E-state index is 13.2. The molecule has 0 bridgehead atoms. The Bertz CT molecular complexity index is 827. The summed E-state index contributed by atoms with van der Waals surface area (Å²) in [5.41, 5.74) is 0.754. The first-order valence-corrected chi connectivity index (χ1v) is 11.1. The van der Waals surface area contributed by atoms with Crippen LogP contribution in [0.1, 0.15) is 57.1 Å². The Kier molecular flexibility index (Phi) is 9.94. The van der Waals surface area contributed by atoms with Crippen LogP contribution in [-0.2, 0) is 19.1 Å². The van der Waals surface area contributed by atoms with E-state index >= 15 is 0 Å². The van der Waals surface area contributed by atoms with Crippen molar-refractivity contribution in [1.29, 1.82) is 0 Å². The average molecular weight is 469 g/mol. The van der Waals surface area contributed by atoms with Crippen LogP contribution in [0.3, 0.4) is 0 Å². The van der Waals surface area contributed by atoms with Gasteiger partial charge in [-0.1, -0.05) is 42.5 Å². The van der Waals surface area contributed by atoms with Crippen LogP contribution < -0.4 is 5.32 Å². The number of benzene rings is 1. The van der Waals surface area contributed by atoms with Gasteiger partial charge in [0.2, 0.25) is 11.8 Å². The summed E-state index contributed by atoms with van der Waals surface area (Å²) in [7, 11) is 1.60. The summed E-state index contributed by atoms with van der Waals surface area (Å²) in [6.45, 7) is 1.67. The first kappa shape index (κ1) is 26.4. The molecule has 1 aromatic carbocycles. The Morgan fingerprint density at radius 1 is 1.18 bits per heavy atom. The molecule has 1 aliphatic rings. The van der Waals surface area contributed by atoms with E-state index in [2.05, 4.69) is 5.32 Å². The summed E-state index contributed by atoms with van der Waals surface area (Å²) < 4.78 is 42.5.